The van der Waals surface area contributed by atoms with Crippen LogP contribution >= 0.6 is 0 Å². The van der Waals surface area contributed by atoms with Crippen molar-refractivity contribution in [2.24, 2.45) is 5.92 Å². The quantitative estimate of drug-likeness (QED) is 0.830. The fourth-order valence-electron chi connectivity index (χ4n) is 5.03. The van der Waals surface area contributed by atoms with Crippen LogP contribution in [0.3, 0.4) is 0 Å². The Bertz CT molecular complexity index is 817. The van der Waals surface area contributed by atoms with Crippen LogP contribution < -0.4 is 4.74 Å². The molecule has 0 bridgehead atoms. The van der Waals surface area contributed by atoms with E-state index < -0.39 is 5.60 Å². The van der Waals surface area contributed by atoms with Crippen molar-refractivity contribution in [2.75, 3.05) is 33.4 Å². The number of likely N-dealkylation sites (tertiary alicyclic amines) is 1. The molecule has 1 aliphatic heterocycles. The summed E-state index contributed by atoms with van der Waals surface area (Å²) < 4.78 is 18.9. The van der Waals surface area contributed by atoms with Crippen molar-refractivity contribution in [3.63, 3.8) is 0 Å². The van der Waals surface area contributed by atoms with Crippen LogP contribution in [0.4, 0.5) is 4.39 Å². The minimum atomic E-state index is -0.922. The number of methoxy groups -OCH3 is 1. The summed E-state index contributed by atoms with van der Waals surface area (Å²) in [6, 6.07) is 12.6. The molecular weight excluding hydrogens is 357 g/mol. The summed E-state index contributed by atoms with van der Waals surface area (Å²) in [5, 5.41) is 21.1. The number of benzene rings is 2. The van der Waals surface area contributed by atoms with Crippen LogP contribution in [0.5, 0.6) is 5.75 Å². The molecule has 5 heteroatoms. The number of piperidine rings is 1. The number of aliphatic hydroxyl groups excluding tert-OH is 1. The Labute approximate surface area is 165 Å². The highest BCUT2D eigenvalue weighted by Gasteiger charge is 2.48. The molecule has 0 spiro atoms. The Kier molecular flexibility index (Phi) is 5.41. The summed E-state index contributed by atoms with van der Waals surface area (Å²) in [6.07, 6.45) is 2.39. The maximum Gasteiger partial charge on any atom is 0.123 e. The van der Waals surface area contributed by atoms with E-state index >= 15 is 0 Å². The van der Waals surface area contributed by atoms with Crippen molar-refractivity contribution >= 4 is 0 Å². The first-order chi connectivity index (χ1) is 13.5. The molecule has 0 radical (unpaired) electrons. The number of nitrogens with zero attached hydrogens (tertiary/aromatic N) is 1. The summed E-state index contributed by atoms with van der Waals surface area (Å²) in [5.74, 6) is 0.693. The lowest BCUT2D eigenvalue weighted by atomic mass is 9.76. The first kappa shape index (κ1) is 19.4. The predicted molar refractivity (Wildman–Crippen MR) is 106 cm³/mol. The molecule has 2 aromatic carbocycles. The van der Waals surface area contributed by atoms with Crippen molar-refractivity contribution in [1.29, 1.82) is 0 Å². The van der Waals surface area contributed by atoms with E-state index in [1.165, 1.54) is 12.1 Å². The zero-order valence-corrected chi connectivity index (χ0v) is 16.3. The van der Waals surface area contributed by atoms with Crippen LogP contribution in [0.1, 0.15) is 41.9 Å². The van der Waals surface area contributed by atoms with E-state index in [9.17, 15) is 14.6 Å². The molecule has 0 aromatic heterocycles. The van der Waals surface area contributed by atoms with Crippen LogP contribution in [-0.2, 0) is 5.60 Å². The van der Waals surface area contributed by atoms with Gasteiger partial charge in [-0.05, 0) is 79.2 Å². The first-order valence-electron chi connectivity index (χ1n) is 10.0. The molecule has 2 aromatic rings. The Morgan fingerprint density at radius 2 is 1.86 bits per heavy atom. The highest BCUT2D eigenvalue weighted by Crippen LogP contribution is 2.53. The second kappa shape index (κ2) is 7.82. The zero-order chi connectivity index (χ0) is 19.7. The standard InChI is InChI=1S/C23H28FNO3/c1-28-19-6-7-20-21(16-2-4-18(24)5-3-16)15-23(27,22(20)14-19)17-8-10-25(11-9-17)12-13-26/h2-7,14,17,21,26-27H,8-13,15H2,1H3. The first-order valence-corrected chi connectivity index (χ1v) is 10.0. The van der Waals surface area contributed by atoms with Gasteiger partial charge >= 0.3 is 0 Å². The molecule has 2 unspecified atom stereocenters. The third-order valence-corrected chi connectivity index (χ3v) is 6.57. The lowest BCUT2D eigenvalue weighted by Gasteiger charge is -2.40. The second-order valence-corrected chi connectivity index (χ2v) is 8.03. The van der Waals surface area contributed by atoms with Gasteiger partial charge in [-0.15, -0.1) is 0 Å². The third-order valence-electron chi connectivity index (χ3n) is 6.57. The summed E-state index contributed by atoms with van der Waals surface area (Å²) >= 11 is 0. The normalized spacial score (nSPS) is 25.6. The Balaban J connectivity index is 1.67. The smallest absolute Gasteiger partial charge is 0.123 e. The summed E-state index contributed by atoms with van der Waals surface area (Å²) in [6.45, 7) is 2.62. The predicted octanol–water partition coefficient (Wildman–Crippen LogP) is 3.26. The Hall–Kier alpha value is -1.95. The van der Waals surface area contributed by atoms with Gasteiger partial charge in [-0.1, -0.05) is 18.2 Å². The van der Waals surface area contributed by atoms with Crippen LogP contribution in [0.2, 0.25) is 0 Å². The monoisotopic (exact) mass is 385 g/mol. The van der Waals surface area contributed by atoms with Crippen molar-refractivity contribution in [3.05, 3.63) is 65.0 Å². The Morgan fingerprint density at radius 3 is 2.50 bits per heavy atom. The number of ether oxygens (including phenoxy) is 1. The van der Waals surface area contributed by atoms with Crippen molar-refractivity contribution < 1.29 is 19.3 Å². The van der Waals surface area contributed by atoms with Gasteiger partial charge < -0.3 is 19.8 Å². The third kappa shape index (κ3) is 3.43. The van der Waals surface area contributed by atoms with Crippen molar-refractivity contribution in [3.8, 4) is 5.75 Å². The fourth-order valence-corrected chi connectivity index (χ4v) is 5.03. The summed E-state index contributed by atoms with van der Waals surface area (Å²) in [7, 11) is 1.64. The van der Waals surface area contributed by atoms with Gasteiger partial charge in [0.1, 0.15) is 11.6 Å². The average molecular weight is 385 g/mol. The molecule has 1 fully saturated rings. The minimum absolute atomic E-state index is 0.0435. The van der Waals surface area contributed by atoms with Gasteiger partial charge in [0.2, 0.25) is 0 Å². The lowest BCUT2D eigenvalue weighted by molar-refractivity contribution is -0.0500. The van der Waals surface area contributed by atoms with Gasteiger partial charge in [-0.25, -0.2) is 4.39 Å². The molecule has 2 atom stereocenters. The molecule has 1 saturated heterocycles. The second-order valence-electron chi connectivity index (χ2n) is 8.03. The zero-order valence-electron chi connectivity index (χ0n) is 16.3. The topological polar surface area (TPSA) is 52.9 Å². The van der Waals surface area contributed by atoms with E-state index in [0.29, 0.717) is 13.0 Å². The minimum Gasteiger partial charge on any atom is -0.497 e. The van der Waals surface area contributed by atoms with Gasteiger partial charge in [0.25, 0.3) is 0 Å². The van der Waals surface area contributed by atoms with Crippen LogP contribution in [0.25, 0.3) is 0 Å². The molecular formula is C23H28FNO3. The SMILES string of the molecule is COc1ccc2c(c1)C(O)(C1CCN(CCO)CC1)CC2c1ccc(F)cc1. The maximum absolute atomic E-state index is 13.4. The van der Waals surface area contributed by atoms with Gasteiger partial charge in [0, 0.05) is 12.5 Å². The molecule has 2 aliphatic rings. The molecule has 4 rings (SSSR count). The molecule has 28 heavy (non-hydrogen) atoms. The average Bonchev–Trinajstić information content (AvgIpc) is 3.02. The number of fused-ring (bicyclic) bond motifs is 1. The van der Waals surface area contributed by atoms with Crippen LogP contribution in [0, 0.1) is 11.7 Å². The van der Waals surface area contributed by atoms with Crippen LogP contribution in [-0.4, -0.2) is 48.5 Å². The molecule has 150 valence electrons. The number of rotatable bonds is 5. The molecule has 4 nitrogen and oxygen atoms in total. The number of aliphatic hydroxyl groups is 2. The number of β-amino-alcohol motifs (C(OH)–C–C–N with tert-alkyl or cyclic N) is 1. The highest BCUT2D eigenvalue weighted by molar-refractivity contribution is 5.50. The van der Waals surface area contributed by atoms with E-state index in [1.54, 1.807) is 7.11 Å². The van der Waals surface area contributed by atoms with E-state index in [-0.39, 0.29) is 24.3 Å². The fraction of sp³-hybridized carbons (Fsp3) is 0.478. The van der Waals surface area contributed by atoms with E-state index in [1.807, 2.05) is 30.3 Å². The van der Waals surface area contributed by atoms with Crippen LogP contribution in [0.15, 0.2) is 42.5 Å². The molecule has 0 saturated carbocycles. The molecule has 1 aliphatic carbocycles. The number of hydrogen-bond donors (Lipinski definition) is 2. The van der Waals surface area contributed by atoms with Gasteiger partial charge in [0.05, 0.1) is 19.3 Å². The number of halogens is 1. The maximum atomic E-state index is 13.4. The van der Waals surface area contributed by atoms with Gasteiger partial charge in [0.15, 0.2) is 0 Å². The van der Waals surface area contributed by atoms with Gasteiger partial charge in [-0.3, -0.25) is 0 Å². The lowest BCUT2D eigenvalue weighted by Crippen LogP contribution is -2.43. The molecule has 0 amide bonds. The summed E-state index contributed by atoms with van der Waals surface area (Å²) in [5.41, 5.74) is 2.16. The van der Waals surface area contributed by atoms with Gasteiger partial charge in [-0.2, -0.15) is 0 Å². The molecule has 2 N–H and O–H groups in total. The largest absolute Gasteiger partial charge is 0.497 e. The number of hydrogen-bond acceptors (Lipinski definition) is 4. The van der Waals surface area contributed by atoms with E-state index in [4.69, 9.17) is 4.74 Å². The summed E-state index contributed by atoms with van der Waals surface area (Å²) in [4.78, 5) is 2.25. The highest BCUT2D eigenvalue weighted by atomic mass is 19.1. The Morgan fingerprint density at radius 1 is 1.14 bits per heavy atom. The van der Waals surface area contributed by atoms with Crippen molar-refractivity contribution in [2.45, 2.75) is 30.8 Å². The van der Waals surface area contributed by atoms with E-state index in [2.05, 4.69) is 4.90 Å². The van der Waals surface area contributed by atoms with E-state index in [0.717, 1.165) is 48.4 Å². The molecule has 1 heterocycles. The van der Waals surface area contributed by atoms with Crippen molar-refractivity contribution in [1.82, 2.24) is 4.90 Å².